The third-order valence-electron chi connectivity index (χ3n) is 3.97. The highest BCUT2D eigenvalue weighted by Crippen LogP contribution is 2.33. The Balaban J connectivity index is 2.16. The van der Waals surface area contributed by atoms with Crippen LogP contribution in [0.1, 0.15) is 13.3 Å². The molecule has 1 aromatic rings. The maximum atomic E-state index is 12.5. The second-order valence-electron chi connectivity index (χ2n) is 6.24. The van der Waals surface area contributed by atoms with Crippen molar-refractivity contribution in [3.8, 4) is 0 Å². The molecular formula is C16H22ClN3O3. The minimum Gasteiger partial charge on any atom is -0.481 e. The maximum Gasteiger partial charge on any atom is 0.321 e. The number of aliphatic carboxylic acids is 1. The molecule has 1 aliphatic heterocycles. The van der Waals surface area contributed by atoms with Gasteiger partial charge in [-0.2, -0.15) is 0 Å². The molecule has 2 atom stereocenters. The van der Waals surface area contributed by atoms with Gasteiger partial charge in [0, 0.05) is 27.2 Å². The summed E-state index contributed by atoms with van der Waals surface area (Å²) in [6, 6.07) is 5.01. The molecule has 0 radical (unpaired) electrons. The van der Waals surface area contributed by atoms with Crippen LogP contribution in [0.2, 0.25) is 5.02 Å². The number of rotatable bonds is 3. The van der Waals surface area contributed by atoms with E-state index in [1.165, 1.54) is 0 Å². The molecule has 1 heterocycles. The predicted octanol–water partition coefficient (Wildman–Crippen LogP) is 2.98. The van der Waals surface area contributed by atoms with Crippen LogP contribution in [0, 0.1) is 11.8 Å². The number of amides is 2. The number of hydrogen-bond acceptors (Lipinski definition) is 3. The molecule has 0 bridgehead atoms. The van der Waals surface area contributed by atoms with Crippen molar-refractivity contribution in [2.24, 2.45) is 11.8 Å². The van der Waals surface area contributed by atoms with Gasteiger partial charge in [-0.05, 0) is 24.5 Å². The van der Waals surface area contributed by atoms with E-state index in [1.54, 1.807) is 23.1 Å². The largest absolute Gasteiger partial charge is 0.481 e. The Morgan fingerprint density at radius 3 is 2.65 bits per heavy atom. The maximum absolute atomic E-state index is 12.5. The Morgan fingerprint density at radius 2 is 2.04 bits per heavy atom. The molecule has 1 fully saturated rings. The number of piperidine rings is 1. The number of urea groups is 1. The van der Waals surface area contributed by atoms with Gasteiger partial charge in [0.2, 0.25) is 0 Å². The zero-order valence-electron chi connectivity index (χ0n) is 13.5. The summed E-state index contributed by atoms with van der Waals surface area (Å²) in [6.07, 6.45) is 0.596. The summed E-state index contributed by atoms with van der Waals surface area (Å²) in [4.78, 5) is 27.2. The van der Waals surface area contributed by atoms with Gasteiger partial charge in [-0.15, -0.1) is 0 Å². The van der Waals surface area contributed by atoms with Crippen molar-refractivity contribution in [3.05, 3.63) is 23.2 Å². The van der Waals surface area contributed by atoms with E-state index in [-0.39, 0.29) is 18.5 Å². The van der Waals surface area contributed by atoms with E-state index in [4.69, 9.17) is 11.6 Å². The number of carbonyl (C=O) groups is 2. The van der Waals surface area contributed by atoms with E-state index in [0.717, 1.165) is 5.69 Å². The van der Waals surface area contributed by atoms with Gasteiger partial charge in [0.25, 0.3) is 0 Å². The number of carboxylic acids is 1. The van der Waals surface area contributed by atoms with Crippen LogP contribution in [0.4, 0.5) is 16.2 Å². The average Bonchev–Trinajstić information content (AvgIpc) is 2.46. The number of benzene rings is 1. The molecule has 0 aromatic heterocycles. The normalized spacial score (nSPS) is 21.0. The summed E-state index contributed by atoms with van der Waals surface area (Å²) >= 11 is 6.20. The summed E-state index contributed by atoms with van der Waals surface area (Å²) in [5.41, 5.74) is 1.33. The van der Waals surface area contributed by atoms with Crippen molar-refractivity contribution < 1.29 is 14.7 Å². The number of para-hydroxylation sites is 1. The number of carbonyl (C=O) groups excluding carboxylic acids is 1. The molecule has 1 aromatic carbocycles. The minimum absolute atomic E-state index is 0.156. The summed E-state index contributed by atoms with van der Waals surface area (Å²) in [6.45, 7) is 2.73. The fraction of sp³-hybridized carbons (Fsp3) is 0.500. The highest BCUT2D eigenvalue weighted by atomic mass is 35.5. The Bertz CT molecular complexity index is 606. The van der Waals surface area contributed by atoms with Crippen LogP contribution in [0.15, 0.2) is 18.2 Å². The summed E-state index contributed by atoms with van der Waals surface area (Å²) < 4.78 is 0. The topological polar surface area (TPSA) is 72.9 Å². The van der Waals surface area contributed by atoms with Crippen LogP contribution in [-0.2, 0) is 4.79 Å². The summed E-state index contributed by atoms with van der Waals surface area (Å²) in [5, 5.41) is 12.6. The Hall–Kier alpha value is -1.95. The van der Waals surface area contributed by atoms with E-state index in [1.807, 2.05) is 25.9 Å². The zero-order valence-corrected chi connectivity index (χ0v) is 14.3. The minimum atomic E-state index is -0.855. The highest BCUT2D eigenvalue weighted by molar-refractivity contribution is 6.34. The molecule has 0 aliphatic carbocycles. The molecule has 23 heavy (non-hydrogen) atoms. The molecule has 2 N–H and O–H groups in total. The Morgan fingerprint density at radius 1 is 1.35 bits per heavy atom. The molecule has 0 spiro atoms. The molecule has 2 amide bonds. The van der Waals surface area contributed by atoms with Gasteiger partial charge >= 0.3 is 12.0 Å². The lowest BCUT2D eigenvalue weighted by Crippen LogP contribution is -2.47. The molecular weight excluding hydrogens is 318 g/mol. The van der Waals surface area contributed by atoms with Crippen molar-refractivity contribution in [1.82, 2.24) is 4.90 Å². The van der Waals surface area contributed by atoms with Crippen molar-refractivity contribution in [2.75, 3.05) is 37.4 Å². The first-order valence-corrected chi connectivity index (χ1v) is 7.92. The number of hydrogen-bond donors (Lipinski definition) is 2. The first-order valence-electron chi connectivity index (χ1n) is 7.54. The number of halogens is 1. The lowest BCUT2D eigenvalue weighted by molar-refractivity contribution is -0.143. The molecule has 0 saturated carbocycles. The quantitative estimate of drug-likeness (QED) is 0.888. The van der Waals surface area contributed by atoms with Gasteiger partial charge in [-0.3, -0.25) is 4.79 Å². The fourth-order valence-corrected chi connectivity index (χ4v) is 3.30. The molecule has 2 rings (SSSR count). The van der Waals surface area contributed by atoms with Crippen molar-refractivity contribution >= 4 is 35.0 Å². The van der Waals surface area contributed by atoms with E-state index < -0.39 is 11.9 Å². The third kappa shape index (κ3) is 4.07. The smallest absolute Gasteiger partial charge is 0.321 e. The summed E-state index contributed by atoms with van der Waals surface area (Å²) in [7, 11) is 3.70. The zero-order chi connectivity index (χ0) is 17.1. The van der Waals surface area contributed by atoms with Crippen LogP contribution < -0.4 is 10.2 Å². The van der Waals surface area contributed by atoms with E-state index in [2.05, 4.69) is 5.32 Å². The second-order valence-corrected chi connectivity index (χ2v) is 6.65. The van der Waals surface area contributed by atoms with Crippen LogP contribution >= 0.6 is 11.6 Å². The van der Waals surface area contributed by atoms with E-state index in [9.17, 15) is 14.7 Å². The lowest BCUT2D eigenvalue weighted by atomic mass is 9.91. The van der Waals surface area contributed by atoms with Gasteiger partial charge in [0.05, 0.1) is 22.3 Å². The lowest BCUT2D eigenvalue weighted by Gasteiger charge is -2.35. The first-order chi connectivity index (χ1) is 10.8. The average molecular weight is 340 g/mol. The van der Waals surface area contributed by atoms with Gasteiger partial charge < -0.3 is 20.2 Å². The molecule has 1 saturated heterocycles. The Labute approximate surface area is 141 Å². The van der Waals surface area contributed by atoms with Crippen LogP contribution in [0.3, 0.4) is 0 Å². The predicted molar refractivity (Wildman–Crippen MR) is 91.3 cm³/mol. The Kier molecular flexibility index (Phi) is 5.36. The van der Waals surface area contributed by atoms with Crippen LogP contribution in [-0.4, -0.2) is 49.2 Å². The number of likely N-dealkylation sites (tertiary alicyclic amines) is 1. The van der Waals surface area contributed by atoms with Crippen LogP contribution in [0.25, 0.3) is 0 Å². The molecule has 6 nitrogen and oxygen atoms in total. The molecule has 126 valence electrons. The fourth-order valence-electron chi connectivity index (χ4n) is 2.96. The van der Waals surface area contributed by atoms with E-state index >= 15 is 0 Å². The SMILES string of the molecule is CC1CC(C(=O)O)CN(C(=O)Nc2cccc(Cl)c2N(C)C)C1. The number of anilines is 2. The molecule has 1 aliphatic rings. The first kappa shape index (κ1) is 17.4. The van der Waals surface area contributed by atoms with E-state index in [0.29, 0.717) is 23.7 Å². The number of carboxylic acid groups (broad SMARTS) is 1. The van der Waals surface area contributed by atoms with Gasteiger partial charge in [-0.25, -0.2) is 4.79 Å². The van der Waals surface area contributed by atoms with Crippen molar-refractivity contribution in [2.45, 2.75) is 13.3 Å². The van der Waals surface area contributed by atoms with Crippen molar-refractivity contribution in [3.63, 3.8) is 0 Å². The van der Waals surface area contributed by atoms with Gasteiger partial charge in [-0.1, -0.05) is 24.6 Å². The highest BCUT2D eigenvalue weighted by Gasteiger charge is 2.32. The number of nitrogens with zero attached hydrogens (tertiary/aromatic N) is 2. The van der Waals surface area contributed by atoms with Crippen LogP contribution in [0.5, 0.6) is 0 Å². The monoisotopic (exact) mass is 339 g/mol. The number of nitrogens with one attached hydrogen (secondary N) is 1. The van der Waals surface area contributed by atoms with Gasteiger partial charge in [0.1, 0.15) is 0 Å². The second kappa shape index (κ2) is 7.08. The molecule has 2 unspecified atom stereocenters. The standard InChI is InChI=1S/C16H22ClN3O3/c1-10-7-11(15(21)22)9-20(8-10)16(23)18-13-6-4-5-12(17)14(13)19(2)3/h4-6,10-11H,7-9H2,1-3H3,(H,18,23)(H,21,22). The third-order valence-corrected chi connectivity index (χ3v) is 4.28. The van der Waals surface area contributed by atoms with Gasteiger partial charge in [0.15, 0.2) is 0 Å². The molecule has 7 heteroatoms. The van der Waals surface area contributed by atoms with Crippen molar-refractivity contribution in [1.29, 1.82) is 0 Å². The summed E-state index contributed by atoms with van der Waals surface area (Å²) in [5.74, 6) is -1.22.